The molecule has 0 unspecified atom stereocenters. The van der Waals surface area contributed by atoms with E-state index in [9.17, 15) is 14.9 Å². The first kappa shape index (κ1) is 22.3. The summed E-state index contributed by atoms with van der Waals surface area (Å²) in [6, 6.07) is 13.6. The molecule has 0 aliphatic rings. The van der Waals surface area contributed by atoms with E-state index in [2.05, 4.69) is 29.4 Å². The lowest BCUT2D eigenvalue weighted by atomic mass is 10.2. The van der Waals surface area contributed by atoms with Gasteiger partial charge >= 0.3 is 0 Å². The monoisotopic (exact) mass is 441 g/mol. The summed E-state index contributed by atoms with van der Waals surface area (Å²) in [5.41, 5.74) is 0.891. The largest absolute Gasteiger partial charge is 0.493 e. The van der Waals surface area contributed by atoms with Gasteiger partial charge in [-0.3, -0.25) is 14.9 Å². The maximum absolute atomic E-state index is 12.3. The van der Waals surface area contributed by atoms with Gasteiger partial charge in [-0.2, -0.15) is 0 Å². The first-order valence-electron chi connectivity index (χ1n) is 9.64. The molecule has 9 nitrogen and oxygen atoms in total. The van der Waals surface area contributed by atoms with Crippen LogP contribution >= 0.6 is 11.8 Å². The van der Waals surface area contributed by atoms with Crippen LogP contribution in [0.15, 0.2) is 53.7 Å². The van der Waals surface area contributed by atoms with Crippen molar-refractivity contribution in [1.82, 2.24) is 14.8 Å². The van der Waals surface area contributed by atoms with Crippen LogP contribution in [0.5, 0.6) is 5.75 Å². The second kappa shape index (κ2) is 10.1. The Morgan fingerprint density at radius 1 is 1.19 bits per heavy atom. The van der Waals surface area contributed by atoms with Crippen molar-refractivity contribution in [3.05, 3.63) is 58.6 Å². The number of para-hydroxylation sites is 2. The Labute approximate surface area is 184 Å². The van der Waals surface area contributed by atoms with Crippen LogP contribution in [0.3, 0.4) is 0 Å². The number of aromatic nitrogens is 3. The van der Waals surface area contributed by atoms with Gasteiger partial charge in [0.15, 0.2) is 11.0 Å². The molecule has 1 N–H and O–H groups in total. The Hall–Kier alpha value is -3.40. The molecule has 0 radical (unpaired) electrons. The number of rotatable bonds is 9. The highest BCUT2D eigenvalue weighted by Crippen LogP contribution is 2.26. The Balaban J connectivity index is 1.62. The molecule has 1 amide bonds. The molecule has 162 valence electrons. The first-order chi connectivity index (χ1) is 14.8. The molecular formula is C21H23N5O4S. The van der Waals surface area contributed by atoms with Crippen LogP contribution in [-0.2, 0) is 11.8 Å². The van der Waals surface area contributed by atoms with Crippen molar-refractivity contribution in [2.75, 3.05) is 17.7 Å². The predicted molar refractivity (Wildman–Crippen MR) is 119 cm³/mol. The third-order valence-electron chi connectivity index (χ3n) is 4.24. The van der Waals surface area contributed by atoms with E-state index in [0.29, 0.717) is 23.5 Å². The fraction of sp³-hybridized carbons (Fsp3) is 0.286. The fourth-order valence-corrected chi connectivity index (χ4v) is 3.42. The summed E-state index contributed by atoms with van der Waals surface area (Å²) in [4.78, 5) is 22.8. The molecule has 0 fully saturated rings. The zero-order valence-corrected chi connectivity index (χ0v) is 18.3. The van der Waals surface area contributed by atoms with Crippen LogP contribution in [0.4, 0.5) is 11.4 Å². The Morgan fingerprint density at radius 2 is 1.90 bits per heavy atom. The number of carbonyl (C=O) groups excluding carboxylic acids is 1. The molecule has 2 aromatic carbocycles. The van der Waals surface area contributed by atoms with Gasteiger partial charge in [0.2, 0.25) is 5.91 Å². The molecule has 0 atom stereocenters. The molecule has 0 aliphatic carbocycles. The van der Waals surface area contributed by atoms with Gasteiger partial charge in [0.05, 0.1) is 17.3 Å². The van der Waals surface area contributed by atoms with E-state index in [1.807, 2.05) is 31.3 Å². The van der Waals surface area contributed by atoms with Gasteiger partial charge in [-0.25, -0.2) is 0 Å². The normalized spacial score (nSPS) is 10.8. The van der Waals surface area contributed by atoms with Gasteiger partial charge in [-0.1, -0.05) is 37.7 Å². The minimum atomic E-state index is -0.531. The molecule has 1 heterocycles. The summed E-state index contributed by atoms with van der Waals surface area (Å²) < 4.78 is 7.50. The SMILES string of the molecule is CC(C)COc1ccc(-c2nnc(SCC(=O)Nc3ccccc3[N+](=O)[O-])n2C)cc1. The summed E-state index contributed by atoms with van der Waals surface area (Å²) in [5, 5.41) is 22.6. The number of nitrogens with one attached hydrogen (secondary N) is 1. The van der Waals surface area contributed by atoms with Crippen LogP contribution in [-0.4, -0.2) is 38.0 Å². The highest BCUT2D eigenvalue weighted by atomic mass is 32.2. The van der Waals surface area contributed by atoms with Crippen molar-refractivity contribution in [2.24, 2.45) is 13.0 Å². The summed E-state index contributed by atoms with van der Waals surface area (Å²) in [7, 11) is 1.82. The molecule has 0 bridgehead atoms. The molecule has 10 heteroatoms. The highest BCUT2D eigenvalue weighted by Gasteiger charge is 2.17. The molecule has 0 spiro atoms. The van der Waals surface area contributed by atoms with Gasteiger partial charge in [0, 0.05) is 18.7 Å². The highest BCUT2D eigenvalue weighted by molar-refractivity contribution is 7.99. The molecule has 31 heavy (non-hydrogen) atoms. The van der Waals surface area contributed by atoms with E-state index in [1.54, 1.807) is 16.7 Å². The molecule has 0 saturated heterocycles. The summed E-state index contributed by atoms with van der Waals surface area (Å²) in [6.45, 7) is 4.83. The average molecular weight is 442 g/mol. The number of hydrogen-bond donors (Lipinski definition) is 1. The molecule has 1 aromatic heterocycles. The van der Waals surface area contributed by atoms with E-state index >= 15 is 0 Å². The fourth-order valence-electron chi connectivity index (χ4n) is 2.71. The van der Waals surface area contributed by atoms with E-state index in [4.69, 9.17) is 4.74 Å². The maximum Gasteiger partial charge on any atom is 0.292 e. The quantitative estimate of drug-likeness (QED) is 0.301. The van der Waals surface area contributed by atoms with Crippen LogP contribution in [0.1, 0.15) is 13.8 Å². The van der Waals surface area contributed by atoms with Gasteiger partial charge < -0.3 is 14.6 Å². The number of nitro benzene ring substituents is 1. The topological polar surface area (TPSA) is 112 Å². The maximum atomic E-state index is 12.3. The summed E-state index contributed by atoms with van der Waals surface area (Å²) in [5.74, 6) is 1.58. The Kier molecular flexibility index (Phi) is 7.24. The Morgan fingerprint density at radius 3 is 2.58 bits per heavy atom. The van der Waals surface area contributed by atoms with Crippen LogP contribution < -0.4 is 10.1 Å². The lowest BCUT2D eigenvalue weighted by Gasteiger charge is -2.09. The zero-order chi connectivity index (χ0) is 22.4. The first-order valence-corrected chi connectivity index (χ1v) is 10.6. The van der Waals surface area contributed by atoms with Crippen LogP contribution in [0.25, 0.3) is 11.4 Å². The second-order valence-corrected chi connectivity index (χ2v) is 8.15. The molecule has 0 saturated carbocycles. The standard InChI is InChI=1S/C21H23N5O4S/c1-14(2)12-30-16-10-8-15(9-11-16)20-23-24-21(25(20)3)31-13-19(27)22-17-6-4-5-7-18(17)26(28)29/h4-11,14H,12-13H2,1-3H3,(H,22,27). The lowest BCUT2D eigenvalue weighted by Crippen LogP contribution is -2.15. The minimum absolute atomic E-state index is 0.0417. The molecule has 3 rings (SSSR count). The van der Waals surface area contributed by atoms with Crippen LogP contribution in [0.2, 0.25) is 0 Å². The zero-order valence-electron chi connectivity index (χ0n) is 17.4. The molecule has 3 aromatic rings. The summed E-state index contributed by atoms with van der Waals surface area (Å²) in [6.07, 6.45) is 0. The number of nitrogens with zero attached hydrogens (tertiary/aromatic N) is 4. The number of thioether (sulfide) groups is 1. The van der Waals surface area contributed by atoms with Gasteiger partial charge in [-0.15, -0.1) is 10.2 Å². The van der Waals surface area contributed by atoms with Crippen LogP contribution in [0, 0.1) is 16.0 Å². The van der Waals surface area contributed by atoms with Crippen molar-refractivity contribution < 1.29 is 14.5 Å². The summed E-state index contributed by atoms with van der Waals surface area (Å²) >= 11 is 1.20. The van der Waals surface area contributed by atoms with E-state index in [0.717, 1.165) is 11.3 Å². The molecular weight excluding hydrogens is 418 g/mol. The lowest BCUT2D eigenvalue weighted by molar-refractivity contribution is -0.383. The van der Waals surface area contributed by atoms with Crippen molar-refractivity contribution in [3.63, 3.8) is 0 Å². The number of hydrogen-bond acceptors (Lipinski definition) is 7. The third-order valence-corrected chi connectivity index (χ3v) is 5.26. The predicted octanol–water partition coefficient (Wildman–Crippen LogP) is 4.16. The van der Waals surface area contributed by atoms with Gasteiger partial charge in [-0.05, 0) is 36.2 Å². The smallest absolute Gasteiger partial charge is 0.292 e. The second-order valence-electron chi connectivity index (χ2n) is 7.21. The molecule has 0 aliphatic heterocycles. The third kappa shape index (κ3) is 5.82. The van der Waals surface area contributed by atoms with Crippen molar-refractivity contribution >= 4 is 29.0 Å². The minimum Gasteiger partial charge on any atom is -0.493 e. The van der Waals surface area contributed by atoms with Gasteiger partial charge in [0.25, 0.3) is 5.69 Å². The van der Waals surface area contributed by atoms with Crippen molar-refractivity contribution in [1.29, 1.82) is 0 Å². The number of anilines is 1. The Bertz CT molecular complexity index is 1070. The number of nitro groups is 1. The van der Waals surface area contributed by atoms with Crippen molar-refractivity contribution in [3.8, 4) is 17.1 Å². The number of ether oxygens (including phenoxy) is 1. The number of amides is 1. The average Bonchev–Trinajstić information content (AvgIpc) is 3.11. The van der Waals surface area contributed by atoms with Crippen molar-refractivity contribution in [2.45, 2.75) is 19.0 Å². The van der Waals surface area contributed by atoms with E-state index < -0.39 is 4.92 Å². The van der Waals surface area contributed by atoms with E-state index in [1.165, 1.54) is 23.9 Å². The number of benzene rings is 2. The van der Waals surface area contributed by atoms with E-state index in [-0.39, 0.29) is 23.0 Å². The number of carbonyl (C=O) groups is 1. The van der Waals surface area contributed by atoms with Gasteiger partial charge in [0.1, 0.15) is 11.4 Å².